The standard InChI is InChI=1S/C15H26N2O/c1-17(15(13-18-2)9-6-11-16)12-10-14-7-4-3-5-8-14/h3-5,7-8,15H,6,9-13,16H2,1-2H3. The Morgan fingerprint density at radius 2 is 2.00 bits per heavy atom. The average Bonchev–Trinajstić information content (AvgIpc) is 2.42. The van der Waals surface area contributed by atoms with Gasteiger partial charge in [0, 0.05) is 19.7 Å². The minimum Gasteiger partial charge on any atom is -0.383 e. The predicted octanol–water partition coefficient (Wildman–Crippen LogP) is 1.91. The van der Waals surface area contributed by atoms with E-state index in [1.54, 1.807) is 7.11 Å². The molecule has 0 aliphatic rings. The summed E-state index contributed by atoms with van der Waals surface area (Å²) in [5.41, 5.74) is 6.97. The highest BCUT2D eigenvalue weighted by Crippen LogP contribution is 2.08. The molecule has 0 heterocycles. The zero-order chi connectivity index (χ0) is 13.2. The van der Waals surface area contributed by atoms with E-state index in [0.29, 0.717) is 6.04 Å². The maximum Gasteiger partial charge on any atom is 0.0617 e. The molecule has 0 aliphatic carbocycles. The summed E-state index contributed by atoms with van der Waals surface area (Å²) >= 11 is 0. The quantitative estimate of drug-likeness (QED) is 0.727. The van der Waals surface area contributed by atoms with Gasteiger partial charge in [0.05, 0.1) is 6.61 Å². The van der Waals surface area contributed by atoms with E-state index in [1.807, 2.05) is 0 Å². The Kier molecular flexibility index (Phi) is 7.65. The van der Waals surface area contributed by atoms with Crippen molar-refractivity contribution in [2.24, 2.45) is 5.73 Å². The number of rotatable bonds is 9. The lowest BCUT2D eigenvalue weighted by molar-refractivity contribution is 0.101. The highest BCUT2D eigenvalue weighted by molar-refractivity contribution is 5.14. The first-order chi connectivity index (χ1) is 8.77. The first-order valence-electron chi connectivity index (χ1n) is 6.71. The molecule has 0 saturated carbocycles. The monoisotopic (exact) mass is 250 g/mol. The van der Waals surface area contributed by atoms with Crippen LogP contribution in [0.25, 0.3) is 0 Å². The summed E-state index contributed by atoms with van der Waals surface area (Å²) in [6.45, 7) is 2.60. The Morgan fingerprint density at radius 1 is 1.28 bits per heavy atom. The molecule has 18 heavy (non-hydrogen) atoms. The third-order valence-corrected chi connectivity index (χ3v) is 3.32. The van der Waals surface area contributed by atoms with Gasteiger partial charge in [-0.1, -0.05) is 30.3 Å². The van der Waals surface area contributed by atoms with E-state index < -0.39 is 0 Å². The maximum atomic E-state index is 5.58. The Balaban J connectivity index is 2.38. The molecule has 0 bridgehead atoms. The molecule has 3 nitrogen and oxygen atoms in total. The van der Waals surface area contributed by atoms with Gasteiger partial charge in [0.25, 0.3) is 0 Å². The fourth-order valence-electron chi connectivity index (χ4n) is 2.11. The van der Waals surface area contributed by atoms with Crippen molar-refractivity contribution in [1.82, 2.24) is 4.90 Å². The van der Waals surface area contributed by atoms with E-state index in [2.05, 4.69) is 42.3 Å². The summed E-state index contributed by atoms with van der Waals surface area (Å²) in [6.07, 6.45) is 3.25. The summed E-state index contributed by atoms with van der Waals surface area (Å²) in [4.78, 5) is 2.38. The molecule has 1 aromatic rings. The molecule has 1 aromatic carbocycles. The number of likely N-dealkylation sites (N-methyl/N-ethyl adjacent to an activating group) is 1. The molecule has 1 rings (SSSR count). The topological polar surface area (TPSA) is 38.5 Å². The molecule has 0 aromatic heterocycles. The molecule has 0 fully saturated rings. The number of nitrogens with zero attached hydrogens (tertiary/aromatic N) is 1. The van der Waals surface area contributed by atoms with Crippen LogP contribution in [0.15, 0.2) is 30.3 Å². The number of methoxy groups -OCH3 is 1. The largest absolute Gasteiger partial charge is 0.383 e. The van der Waals surface area contributed by atoms with Gasteiger partial charge in [-0.3, -0.25) is 0 Å². The number of nitrogens with two attached hydrogens (primary N) is 1. The fourth-order valence-corrected chi connectivity index (χ4v) is 2.11. The van der Waals surface area contributed by atoms with Crippen LogP contribution < -0.4 is 5.73 Å². The molecule has 1 atom stereocenters. The maximum absolute atomic E-state index is 5.58. The van der Waals surface area contributed by atoms with Crippen LogP contribution >= 0.6 is 0 Å². The molecule has 0 spiro atoms. The van der Waals surface area contributed by atoms with Crippen LogP contribution in [0.3, 0.4) is 0 Å². The van der Waals surface area contributed by atoms with E-state index in [0.717, 1.165) is 39.0 Å². The van der Waals surface area contributed by atoms with Gasteiger partial charge in [-0.15, -0.1) is 0 Å². The van der Waals surface area contributed by atoms with Crippen molar-refractivity contribution in [1.29, 1.82) is 0 Å². The van der Waals surface area contributed by atoms with Gasteiger partial charge in [-0.2, -0.15) is 0 Å². The second kappa shape index (κ2) is 9.09. The Labute approximate surface area is 111 Å². The lowest BCUT2D eigenvalue weighted by Gasteiger charge is -2.27. The van der Waals surface area contributed by atoms with Crippen molar-refractivity contribution in [2.45, 2.75) is 25.3 Å². The smallest absolute Gasteiger partial charge is 0.0617 e. The second-order valence-corrected chi connectivity index (χ2v) is 4.76. The zero-order valence-corrected chi connectivity index (χ0v) is 11.6. The number of ether oxygens (including phenoxy) is 1. The number of benzene rings is 1. The van der Waals surface area contributed by atoms with Crippen LogP contribution in [0.1, 0.15) is 18.4 Å². The van der Waals surface area contributed by atoms with Crippen LogP contribution in [0.5, 0.6) is 0 Å². The highest BCUT2D eigenvalue weighted by atomic mass is 16.5. The molecular weight excluding hydrogens is 224 g/mol. The molecule has 2 N–H and O–H groups in total. The summed E-state index contributed by atoms with van der Waals surface area (Å²) in [6, 6.07) is 11.1. The van der Waals surface area contributed by atoms with Crippen LogP contribution in [0.2, 0.25) is 0 Å². The van der Waals surface area contributed by atoms with Crippen LogP contribution in [0, 0.1) is 0 Å². The zero-order valence-electron chi connectivity index (χ0n) is 11.6. The normalized spacial score (nSPS) is 12.9. The van der Waals surface area contributed by atoms with Crippen molar-refractivity contribution in [3.63, 3.8) is 0 Å². The van der Waals surface area contributed by atoms with E-state index in [1.165, 1.54) is 5.56 Å². The van der Waals surface area contributed by atoms with Gasteiger partial charge < -0.3 is 15.4 Å². The van der Waals surface area contributed by atoms with Gasteiger partial charge in [0.1, 0.15) is 0 Å². The van der Waals surface area contributed by atoms with Crippen molar-refractivity contribution in [3.8, 4) is 0 Å². The summed E-state index contributed by atoms with van der Waals surface area (Å²) < 4.78 is 5.29. The molecule has 0 radical (unpaired) electrons. The highest BCUT2D eigenvalue weighted by Gasteiger charge is 2.13. The lowest BCUT2D eigenvalue weighted by atomic mass is 10.1. The van der Waals surface area contributed by atoms with Gasteiger partial charge in [0.15, 0.2) is 0 Å². The van der Waals surface area contributed by atoms with Gasteiger partial charge in [-0.25, -0.2) is 0 Å². The lowest BCUT2D eigenvalue weighted by Crippen LogP contribution is -2.37. The molecular formula is C15H26N2O. The first-order valence-corrected chi connectivity index (χ1v) is 6.71. The van der Waals surface area contributed by atoms with Crippen LogP contribution in [-0.4, -0.2) is 44.8 Å². The van der Waals surface area contributed by atoms with Crippen LogP contribution in [-0.2, 0) is 11.2 Å². The van der Waals surface area contributed by atoms with Gasteiger partial charge in [-0.05, 0) is 38.4 Å². The minimum absolute atomic E-state index is 0.474. The molecule has 1 unspecified atom stereocenters. The van der Waals surface area contributed by atoms with Gasteiger partial charge in [0.2, 0.25) is 0 Å². The fraction of sp³-hybridized carbons (Fsp3) is 0.600. The van der Waals surface area contributed by atoms with Crippen molar-refractivity contribution >= 4 is 0 Å². The molecule has 0 saturated heterocycles. The van der Waals surface area contributed by atoms with Crippen LogP contribution in [0.4, 0.5) is 0 Å². The third-order valence-electron chi connectivity index (χ3n) is 3.32. The Morgan fingerprint density at radius 3 is 2.61 bits per heavy atom. The summed E-state index contributed by atoms with van der Waals surface area (Å²) in [5.74, 6) is 0. The number of hydrogen-bond acceptors (Lipinski definition) is 3. The molecule has 0 aliphatic heterocycles. The van der Waals surface area contributed by atoms with E-state index in [4.69, 9.17) is 10.5 Å². The average molecular weight is 250 g/mol. The Hall–Kier alpha value is -0.900. The third kappa shape index (κ3) is 5.63. The molecule has 0 amide bonds. The molecule has 3 heteroatoms. The summed E-state index contributed by atoms with van der Waals surface area (Å²) in [7, 11) is 3.93. The minimum atomic E-state index is 0.474. The Bertz CT molecular complexity index is 303. The van der Waals surface area contributed by atoms with Gasteiger partial charge >= 0.3 is 0 Å². The van der Waals surface area contributed by atoms with Crippen molar-refractivity contribution < 1.29 is 4.74 Å². The number of hydrogen-bond donors (Lipinski definition) is 1. The van der Waals surface area contributed by atoms with E-state index >= 15 is 0 Å². The SMILES string of the molecule is COCC(CCCN)N(C)CCc1ccccc1. The summed E-state index contributed by atoms with van der Waals surface area (Å²) in [5, 5.41) is 0. The molecule has 102 valence electrons. The van der Waals surface area contributed by atoms with Crippen molar-refractivity contribution in [3.05, 3.63) is 35.9 Å². The van der Waals surface area contributed by atoms with E-state index in [-0.39, 0.29) is 0 Å². The second-order valence-electron chi connectivity index (χ2n) is 4.76. The first kappa shape index (κ1) is 15.2. The van der Waals surface area contributed by atoms with Crippen molar-refractivity contribution in [2.75, 3.05) is 33.9 Å². The predicted molar refractivity (Wildman–Crippen MR) is 76.7 cm³/mol. The van der Waals surface area contributed by atoms with E-state index in [9.17, 15) is 0 Å².